The van der Waals surface area contributed by atoms with Crippen LogP contribution in [0.5, 0.6) is 5.75 Å². The van der Waals surface area contributed by atoms with Gasteiger partial charge in [0.2, 0.25) is 0 Å². The molecule has 100 valence electrons. The highest BCUT2D eigenvalue weighted by Gasteiger charge is 2.11. The fraction of sp³-hybridized carbons (Fsp3) is 0.308. The number of nitrogens with one attached hydrogen (secondary N) is 1. The first kappa shape index (κ1) is 13.1. The molecule has 0 aliphatic carbocycles. The molecule has 2 rings (SSSR count). The first-order valence-corrected chi connectivity index (χ1v) is 6.04. The largest absolute Gasteiger partial charge is 0.494 e. The number of hydrogen-bond donors (Lipinski definition) is 1. The third-order valence-electron chi connectivity index (χ3n) is 2.67. The highest BCUT2D eigenvalue weighted by molar-refractivity contribution is 5.59. The summed E-state index contributed by atoms with van der Waals surface area (Å²) >= 11 is 0. The summed E-state index contributed by atoms with van der Waals surface area (Å²) in [6, 6.07) is 7.25. The summed E-state index contributed by atoms with van der Waals surface area (Å²) in [7, 11) is 1.66. The van der Waals surface area contributed by atoms with Crippen LogP contribution in [0.1, 0.15) is 12.7 Å². The van der Waals surface area contributed by atoms with Crippen molar-refractivity contribution < 1.29 is 4.74 Å². The van der Waals surface area contributed by atoms with Gasteiger partial charge >= 0.3 is 0 Å². The molecule has 6 nitrogen and oxygen atoms in total. The second-order valence-corrected chi connectivity index (χ2v) is 3.92. The highest BCUT2D eigenvalue weighted by atomic mass is 16.5. The lowest BCUT2D eigenvalue weighted by Gasteiger charge is -2.09. The third-order valence-corrected chi connectivity index (χ3v) is 2.67. The molecule has 6 heteroatoms. The Balaban J connectivity index is 2.53. The molecule has 0 atom stereocenters. The Morgan fingerprint density at radius 1 is 1.37 bits per heavy atom. The molecule has 0 fully saturated rings. The van der Waals surface area contributed by atoms with Crippen molar-refractivity contribution in [2.75, 3.05) is 19.1 Å². The van der Waals surface area contributed by atoms with Crippen LogP contribution < -0.4 is 15.7 Å². The molecule has 0 unspecified atom stereocenters. The normalized spacial score (nSPS) is 10.3. The van der Waals surface area contributed by atoms with Gasteiger partial charge in [-0.15, -0.1) is 10.2 Å². The SMILES string of the molecule is CCOc1cccc(-c2nnc(C)n(NC)c2=O)c1. The van der Waals surface area contributed by atoms with Crippen LogP contribution in [0.3, 0.4) is 0 Å². The fourth-order valence-electron chi connectivity index (χ4n) is 1.81. The molecular formula is C13H16N4O2. The second kappa shape index (κ2) is 5.51. The van der Waals surface area contributed by atoms with Gasteiger partial charge in [0.25, 0.3) is 5.56 Å². The third kappa shape index (κ3) is 2.57. The number of aromatic nitrogens is 3. The number of hydrogen-bond acceptors (Lipinski definition) is 5. The van der Waals surface area contributed by atoms with E-state index in [0.29, 0.717) is 29.4 Å². The number of ether oxygens (including phenoxy) is 1. The summed E-state index contributed by atoms with van der Waals surface area (Å²) in [6.45, 7) is 4.20. The molecule has 0 aliphatic heterocycles. The molecule has 2 aromatic rings. The molecule has 1 N–H and O–H groups in total. The lowest BCUT2D eigenvalue weighted by atomic mass is 10.1. The predicted molar refractivity (Wildman–Crippen MR) is 72.9 cm³/mol. The zero-order valence-corrected chi connectivity index (χ0v) is 11.2. The van der Waals surface area contributed by atoms with E-state index in [1.165, 1.54) is 4.68 Å². The van der Waals surface area contributed by atoms with E-state index in [-0.39, 0.29) is 5.56 Å². The van der Waals surface area contributed by atoms with Gasteiger partial charge in [-0.3, -0.25) is 4.79 Å². The van der Waals surface area contributed by atoms with E-state index in [1.54, 1.807) is 20.0 Å². The predicted octanol–water partition coefficient (Wildman–Crippen LogP) is 1.19. The van der Waals surface area contributed by atoms with E-state index in [2.05, 4.69) is 15.6 Å². The van der Waals surface area contributed by atoms with Crippen molar-refractivity contribution >= 4 is 0 Å². The number of rotatable bonds is 4. The van der Waals surface area contributed by atoms with E-state index in [1.807, 2.05) is 25.1 Å². The molecule has 0 amide bonds. The molecule has 0 bridgehead atoms. The van der Waals surface area contributed by atoms with Crippen molar-refractivity contribution in [3.63, 3.8) is 0 Å². The standard InChI is InChI=1S/C13H16N4O2/c1-4-19-11-7-5-6-10(8-11)12-13(18)17(14-3)9(2)15-16-12/h5-8,14H,4H2,1-3H3. The summed E-state index contributed by atoms with van der Waals surface area (Å²) in [5, 5.41) is 7.95. The Hall–Kier alpha value is -2.37. The van der Waals surface area contributed by atoms with Crippen LogP contribution in [-0.4, -0.2) is 28.5 Å². The zero-order chi connectivity index (χ0) is 13.8. The average Bonchev–Trinajstić information content (AvgIpc) is 2.40. The fourth-order valence-corrected chi connectivity index (χ4v) is 1.81. The molecular weight excluding hydrogens is 244 g/mol. The quantitative estimate of drug-likeness (QED) is 0.894. The maximum Gasteiger partial charge on any atom is 0.298 e. The molecule has 0 aliphatic rings. The van der Waals surface area contributed by atoms with E-state index >= 15 is 0 Å². The monoisotopic (exact) mass is 260 g/mol. The van der Waals surface area contributed by atoms with Gasteiger partial charge in [-0.1, -0.05) is 12.1 Å². The smallest absolute Gasteiger partial charge is 0.298 e. The van der Waals surface area contributed by atoms with Crippen LogP contribution in [0.2, 0.25) is 0 Å². The Morgan fingerprint density at radius 3 is 2.84 bits per heavy atom. The Labute approximate surface area is 111 Å². The van der Waals surface area contributed by atoms with Crippen LogP contribution in [-0.2, 0) is 0 Å². The molecule has 19 heavy (non-hydrogen) atoms. The van der Waals surface area contributed by atoms with Crippen molar-refractivity contribution in [3.05, 3.63) is 40.4 Å². The summed E-state index contributed by atoms with van der Waals surface area (Å²) in [5.41, 5.74) is 3.53. The van der Waals surface area contributed by atoms with Gasteiger partial charge in [0.1, 0.15) is 5.75 Å². The first-order chi connectivity index (χ1) is 9.17. The molecule has 0 radical (unpaired) electrons. The number of aryl methyl sites for hydroxylation is 1. The van der Waals surface area contributed by atoms with E-state index < -0.39 is 0 Å². The second-order valence-electron chi connectivity index (χ2n) is 3.92. The van der Waals surface area contributed by atoms with Crippen LogP contribution in [0.25, 0.3) is 11.3 Å². The maximum absolute atomic E-state index is 12.2. The van der Waals surface area contributed by atoms with Crippen LogP contribution in [0, 0.1) is 6.92 Å². The first-order valence-electron chi connectivity index (χ1n) is 6.04. The number of benzene rings is 1. The summed E-state index contributed by atoms with van der Waals surface area (Å²) < 4.78 is 6.77. The minimum absolute atomic E-state index is 0.233. The maximum atomic E-state index is 12.2. The van der Waals surface area contributed by atoms with Crippen molar-refractivity contribution in [2.45, 2.75) is 13.8 Å². The summed E-state index contributed by atoms with van der Waals surface area (Å²) in [6.07, 6.45) is 0. The average molecular weight is 260 g/mol. The van der Waals surface area contributed by atoms with E-state index in [9.17, 15) is 4.79 Å². The lowest BCUT2D eigenvalue weighted by molar-refractivity contribution is 0.340. The highest BCUT2D eigenvalue weighted by Crippen LogP contribution is 2.19. The Morgan fingerprint density at radius 2 is 2.16 bits per heavy atom. The van der Waals surface area contributed by atoms with Gasteiger partial charge < -0.3 is 10.2 Å². The molecule has 0 saturated carbocycles. The van der Waals surface area contributed by atoms with Crippen molar-refractivity contribution in [1.29, 1.82) is 0 Å². The van der Waals surface area contributed by atoms with Crippen LogP contribution in [0.4, 0.5) is 0 Å². The molecule has 1 heterocycles. The van der Waals surface area contributed by atoms with Gasteiger partial charge in [-0.05, 0) is 26.0 Å². The van der Waals surface area contributed by atoms with Crippen molar-refractivity contribution in [1.82, 2.24) is 14.9 Å². The Kier molecular flexibility index (Phi) is 3.79. The van der Waals surface area contributed by atoms with Crippen LogP contribution in [0.15, 0.2) is 29.1 Å². The number of nitrogens with zero attached hydrogens (tertiary/aromatic N) is 3. The minimum atomic E-state index is -0.233. The van der Waals surface area contributed by atoms with Crippen molar-refractivity contribution in [2.24, 2.45) is 0 Å². The molecule has 1 aromatic heterocycles. The molecule has 0 spiro atoms. The van der Waals surface area contributed by atoms with Gasteiger partial charge in [0.05, 0.1) is 6.61 Å². The lowest BCUT2D eigenvalue weighted by Crippen LogP contribution is -2.31. The van der Waals surface area contributed by atoms with Gasteiger partial charge in [-0.2, -0.15) is 0 Å². The topological polar surface area (TPSA) is 69.0 Å². The van der Waals surface area contributed by atoms with Gasteiger partial charge in [0, 0.05) is 12.6 Å². The minimum Gasteiger partial charge on any atom is -0.494 e. The van der Waals surface area contributed by atoms with Gasteiger partial charge in [-0.25, -0.2) is 4.68 Å². The van der Waals surface area contributed by atoms with Crippen molar-refractivity contribution in [3.8, 4) is 17.0 Å². The van der Waals surface area contributed by atoms with E-state index in [0.717, 1.165) is 0 Å². The van der Waals surface area contributed by atoms with Gasteiger partial charge in [0.15, 0.2) is 11.5 Å². The molecule has 0 saturated heterocycles. The molecule has 1 aromatic carbocycles. The van der Waals surface area contributed by atoms with E-state index in [4.69, 9.17) is 4.74 Å². The summed E-state index contributed by atoms with van der Waals surface area (Å²) in [4.78, 5) is 12.2. The Bertz CT molecular complexity index is 637. The summed E-state index contributed by atoms with van der Waals surface area (Å²) in [5.74, 6) is 1.22. The zero-order valence-electron chi connectivity index (χ0n) is 11.2. The van der Waals surface area contributed by atoms with Crippen LogP contribution >= 0.6 is 0 Å².